The van der Waals surface area contributed by atoms with Crippen LogP contribution >= 0.6 is 0 Å². The van der Waals surface area contributed by atoms with Crippen LogP contribution in [0.1, 0.15) is 39.2 Å². The molecule has 0 atom stereocenters. The lowest BCUT2D eigenvalue weighted by Crippen LogP contribution is -2.21. The van der Waals surface area contributed by atoms with Crippen molar-refractivity contribution < 1.29 is 23.9 Å². The Morgan fingerprint density at radius 3 is 2.76 bits per heavy atom. The van der Waals surface area contributed by atoms with Crippen molar-refractivity contribution in [3.63, 3.8) is 0 Å². The highest BCUT2D eigenvalue weighted by atomic mass is 19.1. The zero-order valence-corrected chi connectivity index (χ0v) is 17.2. The number of hydrogen-bond donors (Lipinski definition) is 1. The van der Waals surface area contributed by atoms with Gasteiger partial charge in [0.2, 0.25) is 0 Å². The molecule has 2 rings (SSSR count). The van der Waals surface area contributed by atoms with Gasteiger partial charge >= 0.3 is 5.97 Å². The number of aromatic nitrogens is 1. The third-order valence-corrected chi connectivity index (χ3v) is 4.26. The number of hydrogen-bond acceptors (Lipinski definition) is 5. The van der Waals surface area contributed by atoms with Gasteiger partial charge < -0.3 is 14.7 Å². The highest BCUT2D eigenvalue weighted by Crippen LogP contribution is 2.28. The first-order valence-corrected chi connectivity index (χ1v) is 9.75. The van der Waals surface area contributed by atoms with Crippen LogP contribution in [0.15, 0.2) is 47.6 Å². The van der Waals surface area contributed by atoms with Crippen molar-refractivity contribution in [1.82, 2.24) is 4.73 Å². The van der Waals surface area contributed by atoms with Crippen molar-refractivity contribution in [2.24, 2.45) is 10.4 Å². The molecular formula is C22H29FN2O4. The molecule has 1 N–H and O–H groups in total. The predicted octanol–water partition coefficient (Wildman–Crippen LogP) is 3.76. The molecule has 0 amide bonds. The van der Waals surface area contributed by atoms with Gasteiger partial charge in [0.1, 0.15) is 0 Å². The van der Waals surface area contributed by atoms with Crippen molar-refractivity contribution in [2.75, 3.05) is 19.8 Å². The molecule has 158 valence electrons. The van der Waals surface area contributed by atoms with Crippen molar-refractivity contribution in [3.8, 4) is 5.75 Å². The second kappa shape index (κ2) is 10.6. The van der Waals surface area contributed by atoms with Crippen LogP contribution in [0.5, 0.6) is 5.75 Å². The van der Waals surface area contributed by atoms with E-state index in [9.17, 15) is 14.4 Å². The summed E-state index contributed by atoms with van der Waals surface area (Å²) in [7, 11) is 0. The van der Waals surface area contributed by atoms with Gasteiger partial charge in [-0.1, -0.05) is 26.0 Å². The predicted molar refractivity (Wildman–Crippen MR) is 107 cm³/mol. The molecule has 1 aromatic heterocycles. The zero-order chi connectivity index (χ0) is 21.3. The second-order valence-corrected chi connectivity index (χ2v) is 7.57. The number of ether oxygens (including phenoxy) is 2. The fourth-order valence-electron chi connectivity index (χ4n) is 2.98. The normalized spacial score (nSPS) is 12.1. The van der Waals surface area contributed by atoms with E-state index < -0.39 is 5.82 Å². The van der Waals surface area contributed by atoms with E-state index in [0.29, 0.717) is 38.1 Å². The molecule has 2 aromatic rings. The fourth-order valence-corrected chi connectivity index (χ4v) is 2.98. The Morgan fingerprint density at radius 2 is 2.07 bits per heavy atom. The third-order valence-electron chi connectivity index (χ3n) is 4.26. The standard InChI is InChI=1S/C22H29FN2O4/c1-4-28-21(26)16-22(2,3)15-17-9-10-19(18(23)14-17)29-13-7-11-24-20-8-5-6-12-25(20)27/h5-6,8-10,12,14,27H,4,7,11,13,15-16H2,1-3H3. The van der Waals surface area contributed by atoms with Gasteiger partial charge in [0.15, 0.2) is 17.1 Å². The molecule has 6 nitrogen and oxygen atoms in total. The van der Waals surface area contributed by atoms with E-state index in [1.165, 1.54) is 12.3 Å². The van der Waals surface area contributed by atoms with Crippen LogP contribution in [0.4, 0.5) is 4.39 Å². The van der Waals surface area contributed by atoms with Gasteiger partial charge in [0, 0.05) is 19.2 Å². The zero-order valence-electron chi connectivity index (χ0n) is 17.2. The number of carbonyl (C=O) groups is 1. The number of carbonyl (C=O) groups excluding carboxylic acids is 1. The Labute approximate surface area is 170 Å². The maximum Gasteiger partial charge on any atom is 0.306 e. The van der Waals surface area contributed by atoms with Gasteiger partial charge in [-0.25, -0.2) is 4.39 Å². The summed E-state index contributed by atoms with van der Waals surface area (Å²) in [5.74, 6) is -0.484. The van der Waals surface area contributed by atoms with Crippen LogP contribution in [0.25, 0.3) is 0 Å². The van der Waals surface area contributed by atoms with Gasteiger partial charge in [-0.2, -0.15) is 4.73 Å². The molecule has 0 aliphatic rings. The molecule has 0 spiro atoms. The van der Waals surface area contributed by atoms with Crippen molar-refractivity contribution in [2.45, 2.75) is 40.0 Å². The molecule has 0 radical (unpaired) electrons. The Hall–Kier alpha value is -2.83. The number of benzene rings is 1. The highest BCUT2D eigenvalue weighted by Gasteiger charge is 2.24. The van der Waals surface area contributed by atoms with E-state index >= 15 is 0 Å². The van der Waals surface area contributed by atoms with E-state index in [4.69, 9.17) is 9.47 Å². The maximum atomic E-state index is 14.4. The molecule has 29 heavy (non-hydrogen) atoms. The lowest BCUT2D eigenvalue weighted by molar-refractivity contribution is -0.145. The average molecular weight is 404 g/mol. The Balaban J connectivity index is 1.85. The van der Waals surface area contributed by atoms with Crippen LogP contribution in [0, 0.1) is 11.2 Å². The van der Waals surface area contributed by atoms with E-state index in [2.05, 4.69) is 4.99 Å². The number of esters is 1. The van der Waals surface area contributed by atoms with E-state index in [1.54, 1.807) is 31.2 Å². The SMILES string of the molecule is CCOC(=O)CC(C)(C)Cc1ccc(OCCCN=c2ccccn2O)c(F)c1. The van der Waals surface area contributed by atoms with E-state index in [0.717, 1.165) is 10.3 Å². The second-order valence-electron chi connectivity index (χ2n) is 7.57. The molecule has 0 saturated carbocycles. The minimum Gasteiger partial charge on any atom is -0.490 e. The highest BCUT2D eigenvalue weighted by molar-refractivity contribution is 5.70. The van der Waals surface area contributed by atoms with Gasteiger partial charge in [-0.15, -0.1) is 0 Å². The molecular weight excluding hydrogens is 375 g/mol. The van der Waals surface area contributed by atoms with Gasteiger partial charge in [-0.05, 0) is 48.6 Å². The first-order chi connectivity index (χ1) is 13.8. The van der Waals surface area contributed by atoms with Crippen LogP contribution in [-0.4, -0.2) is 35.7 Å². The number of nitrogens with zero attached hydrogens (tertiary/aromatic N) is 2. The Morgan fingerprint density at radius 1 is 1.28 bits per heavy atom. The van der Waals surface area contributed by atoms with Crippen molar-refractivity contribution in [3.05, 3.63) is 59.5 Å². The Kier molecular flexibility index (Phi) is 8.24. The van der Waals surface area contributed by atoms with Gasteiger partial charge in [0.25, 0.3) is 0 Å². The summed E-state index contributed by atoms with van der Waals surface area (Å²) < 4.78 is 25.8. The molecule has 1 aromatic carbocycles. The Bertz CT molecular complexity index is 877. The number of rotatable bonds is 10. The maximum absolute atomic E-state index is 14.4. The van der Waals surface area contributed by atoms with Crippen LogP contribution in [-0.2, 0) is 16.0 Å². The van der Waals surface area contributed by atoms with E-state index in [-0.39, 0.29) is 23.6 Å². The largest absolute Gasteiger partial charge is 0.490 e. The monoisotopic (exact) mass is 404 g/mol. The molecule has 0 fully saturated rings. The van der Waals surface area contributed by atoms with Crippen molar-refractivity contribution >= 4 is 5.97 Å². The topological polar surface area (TPSA) is 73.0 Å². The average Bonchev–Trinajstić information content (AvgIpc) is 2.63. The summed E-state index contributed by atoms with van der Waals surface area (Å²) in [4.78, 5) is 16.0. The number of pyridine rings is 1. The molecule has 0 bridgehead atoms. The summed E-state index contributed by atoms with van der Waals surface area (Å²) in [6.45, 7) is 6.81. The molecule has 0 unspecified atom stereocenters. The summed E-state index contributed by atoms with van der Waals surface area (Å²) in [6, 6.07) is 10.1. The van der Waals surface area contributed by atoms with Crippen LogP contribution < -0.4 is 10.2 Å². The van der Waals surface area contributed by atoms with Gasteiger partial charge in [-0.3, -0.25) is 9.79 Å². The number of halogens is 1. The van der Waals surface area contributed by atoms with E-state index in [1.807, 2.05) is 19.9 Å². The lowest BCUT2D eigenvalue weighted by atomic mass is 9.82. The molecule has 0 aliphatic heterocycles. The first-order valence-electron chi connectivity index (χ1n) is 9.75. The quantitative estimate of drug-likeness (QED) is 0.372. The van der Waals surface area contributed by atoms with Crippen LogP contribution in [0.3, 0.4) is 0 Å². The molecule has 1 heterocycles. The first kappa shape index (κ1) is 22.5. The minimum atomic E-state index is -0.428. The third kappa shape index (κ3) is 7.60. The molecule has 0 aliphatic carbocycles. The lowest BCUT2D eigenvalue weighted by Gasteiger charge is -2.23. The van der Waals surface area contributed by atoms with Crippen LogP contribution in [0.2, 0.25) is 0 Å². The summed E-state index contributed by atoms with van der Waals surface area (Å²) in [5.41, 5.74) is 0.924. The fraction of sp³-hybridized carbons (Fsp3) is 0.455. The summed E-state index contributed by atoms with van der Waals surface area (Å²) >= 11 is 0. The molecule has 0 saturated heterocycles. The summed E-state index contributed by atoms with van der Waals surface area (Å²) in [6.07, 6.45) is 2.92. The minimum absolute atomic E-state index is 0.189. The smallest absolute Gasteiger partial charge is 0.306 e. The summed E-state index contributed by atoms with van der Waals surface area (Å²) in [5, 5.41) is 9.58. The van der Waals surface area contributed by atoms with Gasteiger partial charge in [0.05, 0.1) is 19.6 Å². The molecule has 7 heteroatoms. The van der Waals surface area contributed by atoms with Crippen molar-refractivity contribution in [1.29, 1.82) is 0 Å².